The number of hydrogen-bond acceptors (Lipinski definition) is 6. The van der Waals surface area contributed by atoms with Gasteiger partial charge in [0.15, 0.2) is 0 Å². The first-order valence-electron chi connectivity index (χ1n) is 8.41. The van der Waals surface area contributed by atoms with Crippen LogP contribution < -0.4 is 14.2 Å². The lowest BCUT2D eigenvalue weighted by Crippen LogP contribution is -2.27. The number of nitrogens with one attached hydrogen (secondary N) is 2. The van der Waals surface area contributed by atoms with Crippen molar-refractivity contribution in [1.82, 2.24) is 9.44 Å². The van der Waals surface area contributed by atoms with Crippen LogP contribution >= 0.6 is 0 Å². The predicted molar refractivity (Wildman–Crippen MR) is 105 cm³/mol. The standard InChI is InChI=1S/C18H24N2O6S2/c1-14-4-9-17(26-3)18(12-14)28(23,24)20-13-15-5-7-16(8-6-15)27(21,22)19-10-11-25-2/h4-9,12,19-20H,10-11,13H2,1-3H3. The van der Waals surface area contributed by atoms with Gasteiger partial charge >= 0.3 is 0 Å². The van der Waals surface area contributed by atoms with Crippen LogP contribution in [0.15, 0.2) is 52.3 Å². The summed E-state index contributed by atoms with van der Waals surface area (Å²) >= 11 is 0. The van der Waals surface area contributed by atoms with Crippen LogP contribution in [0.3, 0.4) is 0 Å². The average Bonchev–Trinajstić information content (AvgIpc) is 2.67. The number of methoxy groups -OCH3 is 2. The summed E-state index contributed by atoms with van der Waals surface area (Å²) in [5.41, 5.74) is 1.41. The molecule has 0 radical (unpaired) electrons. The first-order chi connectivity index (χ1) is 13.2. The first kappa shape index (κ1) is 22.3. The van der Waals surface area contributed by atoms with E-state index in [1.165, 1.54) is 32.4 Å². The van der Waals surface area contributed by atoms with E-state index in [-0.39, 0.29) is 35.2 Å². The van der Waals surface area contributed by atoms with Gasteiger partial charge in [0, 0.05) is 20.2 Å². The minimum atomic E-state index is -3.80. The molecule has 0 unspecified atom stereocenters. The zero-order valence-electron chi connectivity index (χ0n) is 15.9. The second kappa shape index (κ2) is 9.48. The van der Waals surface area contributed by atoms with Crippen molar-refractivity contribution >= 4 is 20.0 Å². The molecule has 2 aromatic rings. The molecule has 0 aromatic heterocycles. The van der Waals surface area contributed by atoms with Crippen molar-refractivity contribution < 1.29 is 26.3 Å². The lowest BCUT2D eigenvalue weighted by atomic mass is 10.2. The summed E-state index contributed by atoms with van der Waals surface area (Å²) in [6, 6.07) is 10.8. The highest BCUT2D eigenvalue weighted by Crippen LogP contribution is 2.24. The molecule has 10 heteroatoms. The molecule has 0 aliphatic carbocycles. The van der Waals surface area contributed by atoms with E-state index in [2.05, 4.69) is 9.44 Å². The van der Waals surface area contributed by atoms with Crippen molar-refractivity contribution in [2.45, 2.75) is 23.3 Å². The summed E-state index contributed by atoms with van der Waals surface area (Å²) in [7, 11) is -4.54. The summed E-state index contributed by atoms with van der Waals surface area (Å²) in [5.74, 6) is 0.252. The molecule has 2 aromatic carbocycles. The number of ether oxygens (including phenoxy) is 2. The first-order valence-corrected chi connectivity index (χ1v) is 11.4. The third-order valence-corrected chi connectivity index (χ3v) is 6.81. The minimum absolute atomic E-state index is 0.0108. The summed E-state index contributed by atoms with van der Waals surface area (Å²) in [6.07, 6.45) is 0. The highest BCUT2D eigenvalue weighted by atomic mass is 32.2. The fraction of sp³-hybridized carbons (Fsp3) is 0.333. The van der Waals surface area contributed by atoms with Gasteiger partial charge in [0.2, 0.25) is 20.0 Å². The van der Waals surface area contributed by atoms with Gasteiger partial charge in [-0.15, -0.1) is 0 Å². The molecule has 0 heterocycles. The quantitative estimate of drug-likeness (QED) is 0.554. The smallest absolute Gasteiger partial charge is 0.244 e. The van der Waals surface area contributed by atoms with E-state index in [1.54, 1.807) is 31.2 Å². The van der Waals surface area contributed by atoms with Gasteiger partial charge in [-0.1, -0.05) is 18.2 Å². The molecule has 0 aliphatic rings. The molecular formula is C18H24N2O6S2. The molecule has 8 nitrogen and oxygen atoms in total. The van der Waals surface area contributed by atoms with Gasteiger partial charge in [0.25, 0.3) is 0 Å². The van der Waals surface area contributed by atoms with E-state index in [1.807, 2.05) is 0 Å². The fourth-order valence-electron chi connectivity index (χ4n) is 2.40. The largest absolute Gasteiger partial charge is 0.495 e. The maximum atomic E-state index is 12.6. The molecular weight excluding hydrogens is 404 g/mol. The van der Waals surface area contributed by atoms with Crippen molar-refractivity contribution in [1.29, 1.82) is 0 Å². The molecule has 0 saturated carbocycles. The van der Waals surface area contributed by atoms with E-state index in [4.69, 9.17) is 9.47 Å². The number of aryl methyl sites for hydroxylation is 1. The average molecular weight is 429 g/mol. The van der Waals surface area contributed by atoms with Crippen molar-refractivity contribution in [3.63, 3.8) is 0 Å². The third-order valence-electron chi connectivity index (χ3n) is 3.91. The highest BCUT2D eigenvalue weighted by Gasteiger charge is 2.20. The van der Waals surface area contributed by atoms with E-state index in [0.717, 1.165) is 5.56 Å². The Kier molecular flexibility index (Phi) is 7.55. The van der Waals surface area contributed by atoms with Crippen molar-refractivity contribution in [3.8, 4) is 5.75 Å². The minimum Gasteiger partial charge on any atom is -0.495 e. The van der Waals surface area contributed by atoms with Crippen molar-refractivity contribution in [2.75, 3.05) is 27.4 Å². The lowest BCUT2D eigenvalue weighted by Gasteiger charge is -2.12. The van der Waals surface area contributed by atoms with E-state index in [0.29, 0.717) is 5.56 Å². The van der Waals surface area contributed by atoms with Crippen LogP contribution in [0.25, 0.3) is 0 Å². The molecule has 154 valence electrons. The lowest BCUT2D eigenvalue weighted by molar-refractivity contribution is 0.204. The molecule has 2 N–H and O–H groups in total. The van der Waals surface area contributed by atoms with Crippen LogP contribution in [0, 0.1) is 6.92 Å². The van der Waals surface area contributed by atoms with Gasteiger partial charge in [0.05, 0.1) is 18.6 Å². The van der Waals surface area contributed by atoms with Crippen LogP contribution in [0.5, 0.6) is 5.75 Å². The summed E-state index contributed by atoms with van der Waals surface area (Å²) in [5, 5.41) is 0. The Morgan fingerprint density at radius 3 is 2.18 bits per heavy atom. The van der Waals surface area contributed by atoms with Crippen LogP contribution in [0.1, 0.15) is 11.1 Å². The molecule has 0 aliphatic heterocycles. The third kappa shape index (κ3) is 5.76. The van der Waals surface area contributed by atoms with Gasteiger partial charge in [-0.05, 0) is 42.3 Å². The molecule has 0 amide bonds. The number of sulfonamides is 2. The second-order valence-corrected chi connectivity index (χ2v) is 9.52. The summed E-state index contributed by atoms with van der Waals surface area (Å²) < 4.78 is 64.3. The normalized spacial score (nSPS) is 12.1. The van der Waals surface area contributed by atoms with Gasteiger partial charge in [-0.25, -0.2) is 26.3 Å². The molecule has 0 atom stereocenters. The maximum absolute atomic E-state index is 12.6. The van der Waals surface area contributed by atoms with Crippen LogP contribution in [0.2, 0.25) is 0 Å². The summed E-state index contributed by atoms with van der Waals surface area (Å²) in [6.45, 7) is 2.23. The van der Waals surface area contributed by atoms with Crippen LogP contribution in [0.4, 0.5) is 0 Å². The maximum Gasteiger partial charge on any atom is 0.244 e. The Hall–Kier alpha value is -1.98. The van der Waals surface area contributed by atoms with Crippen LogP contribution in [-0.2, 0) is 31.3 Å². The van der Waals surface area contributed by atoms with E-state index < -0.39 is 20.0 Å². The van der Waals surface area contributed by atoms with Gasteiger partial charge in [-0.2, -0.15) is 0 Å². The van der Waals surface area contributed by atoms with Crippen LogP contribution in [-0.4, -0.2) is 44.2 Å². The predicted octanol–water partition coefficient (Wildman–Crippen LogP) is 1.41. The van der Waals surface area contributed by atoms with Crippen molar-refractivity contribution in [2.24, 2.45) is 0 Å². The number of hydrogen-bond donors (Lipinski definition) is 2. The van der Waals surface area contributed by atoms with E-state index in [9.17, 15) is 16.8 Å². The molecule has 2 rings (SSSR count). The van der Waals surface area contributed by atoms with Gasteiger partial charge in [-0.3, -0.25) is 0 Å². The summed E-state index contributed by atoms with van der Waals surface area (Å²) in [4.78, 5) is 0.145. The Labute approximate surface area is 166 Å². The Bertz CT molecular complexity index is 1000. The molecule has 0 saturated heterocycles. The van der Waals surface area contributed by atoms with Crippen molar-refractivity contribution in [3.05, 3.63) is 53.6 Å². The topological polar surface area (TPSA) is 111 Å². The monoisotopic (exact) mass is 428 g/mol. The fourth-order valence-corrected chi connectivity index (χ4v) is 4.68. The Balaban J connectivity index is 2.10. The van der Waals surface area contributed by atoms with E-state index >= 15 is 0 Å². The molecule has 0 spiro atoms. The molecule has 0 fully saturated rings. The second-order valence-electron chi connectivity index (χ2n) is 6.01. The number of rotatable bonds is 10. The van der Waals surface area contributed by atoms with Gasteiger partial charge < -0.3 is 9.47 Å². The highest BCUT2D eigenvalue weighted by molar-refractivity contribution is 7.89. The number of benzene rings is 2. The zero-order chi connectivity index (χ0) is 20.8. The van der Waals surface area contributed by atoms with Gasteiger partial charge in [0.1, 0.15) is 10.6 Å². The Morgan fingerprint density at radius 1 is 0.893 bits per heavy atom. The zero-order valence-corrected chi connectivity index (χ0v) is 17.6. The Morgan fingerprint density at radius 2 is 1.57 bits per heavy atom. The molecule has 28 heavy (non-hydrogen) atoms. The SMILES string of the molecule is COCCNS(=O)(=O)c1ccc(CNS(=O)(=O)c2cc(C)ccc2OC)cc1. The molecule has 0 bridgehead atoms.